The summed E-state index contributed by atoms with van der Waals surface area (Å²) in [6, 6.07) is 0.165. The van der Waals surface area contributed by atoms with Crippen LogP contribution in [0.2, 0.25) is 0 Å². The van der Waals surface area contributed by atoms with Crippen LogP contribution in [0.4, 0.5) is 5.69 Å². The number of amides is 1. The highest BCUT2D eigenvalue weighted by molar-refractivity contribution is 5.75. The van der Waals surface area contributed by atoms with E-state index in [4.69, 9.17) is 5.73 Å². The van der Waals surface area contributed by atoms with Crippen LogP contribution in [0.15, 0.2) is 12.4 Å². The first kappa shape index (κ1) is 13.5. The van der Waals surface area contributed by atoms with E-state index in [1.54, 1.807) is 6.20 Å². The van der Waals surface area contributed by atoms with Crippen molar-refractivity contribution in [3.63, 3.8) is 0 Å². The predicted molar refractivity (Wildman–Crippen MR) is 67.4 cm³/mol. The van der Waals surface area contributed by atoms with Gasteiger partial charge in [0.1, 0.15) is 6.54 Å². The molecule has 0 aliphatic carbocycles. The molecule has 3 N–H and O–H groups in total. The molecule has 0 aliphatic rings. The Hall–Kier alpha value is -1.56. The lowest BCUT2D eigenvalue weighted by atomic mass is 10.2. The molecule has 17 heavy (non-hydrogen) atoms. The van der Waals surface area contributed by atoms with Crippen LogP contribution in [-0.2, 0) is 11.3 Å². The van der Waals surface area contributed by atoms with E-state index >= 15 is 0 Å². The maximum atomic E-state index is 11.7. The Balaban J connectivity index is 2.29. The van der Waals surface area contributed by atoms with Crippen molar-refractivity contribution in [3.05, 3.63) is 12.4 Å². The first-order chi connectivity index (χ1) is 7.97. The quantitative estimate of drug-likeness (QED) is 0.728. The minimum absolute atomic E-state index is 0.0423. The second-order valence-corrected chi connectivity index (χ2v) is 4.53. The summed E-state index contributed by atoms with van der Waals surface area (Å²) in [7, 11) is 4.03. The molecule has 1 atom stereocenters. The monoisotopic (exact) mass is 239 g/mol. The zero-order valence-corrected chi connectivity index (χ0v) is 10.7. The minimum atomic E-state index is -0.0423. The molecule has 1 amide bonds. The molecule has 0 aromatic carbocycles. The average Bonchev–Trinajstić information content (AvgIpc) is 2.60. The third kappa shape index (κ3) is 5.35. The lowest BCUT2D eigenvalue weighted by molar-refractivity contribution is -0.122. The topological polar surface area (TPSA) is 76.2 Å². The van der Waals surface area contributed by atoms with Gasteiger partial charge in [-0.1, -0.05) is 0 Å². The maximum absolute atomic E-state index is 11.7. The molecular weight excluding hydrogens is 218 g/mol. The fourth-order valence-corrected chi connectivity index (χ4v) is 1.46. The number of aromatic nitrogens is 2. The summed E-state index contributed by atoms with van der Waals surface area (Å²) in [6.07, 6.45) is 4.10. The summed E-state index contributed by atoms with van der Waals surface area (Å²) < 4.78 is 1.53. The Morgan fingerprint density at radius 2 is 2.35 bits per heavy atom. The number of nitrogens with one attached hydrogen (secondary N) is 1. The van der Waals surface area contributed by atoms with Crippen molar-refractivity contribution in [1.29, 1.82) is 0 Å². The number of rotatable bonds is 6. The van der Waals surface area contributed by atoms with Gasteiger partial charge in [0.05, 0.1) is 11.9 Å². The number of hydrogen-bond donors (Lipinski definition) is 2. The number of anilines is 1. The number of carbonyl (C=O) groups excluding carboxylic acids is 1. The standard InChI is InChI=1S/C11H21N5O/c1-9(4-5-15(2)3)14-11(17)8-16-7-10(12)6-13-16/h6-7,9H,4-5,8,12H2,1-3H3,(H,14,17). The Bertz CT molecular complexity index is 360. The largest absolute Gasteiger partial charge is 0.396 e. The van der Waals surface area contributed by atoms with E-state index in [9.17, 15) is 4.79 Å². The van der Waals surface area contributed by atoms with Crippen molar-refractivity contribution in [2.45, 2.75) is 25.9 Å². The molecule has 0 saturated heterocycles. The third-order valence-corrected chi connectivity index (χ3v) is 2.38. The van der Waals surface area contributed by atoms with E-state index in [1.807, 2.05) is 21.0 Å². The predicted octanol–water partition coefficient (Wildman–Crippen LogP) is -0.0783. The average molecular weight is 239 g/mol. The van der Waals surface area contributed by atoms with E-state index in [0.29, 0.717) is 5.69 Å². The first-order valence-electron chi connectivity index (χ1n) is 5.69. The number of nitrogens with zero attached hydrogens (tertiary/aromatic N) is 3. The van der Waals surface area contributed by atoms with Crippen LogP contribution in [0.25, 0.3) is 0 Å². The van der Waals surface area contributed by atoms with Gasteiger partial charge in [-0.3, -0.25) is 9.48 Å². The first-order valence-corrected chi connectivity index (χ1v) is 5.69. The summed E-state index contributed by atoms with van der Waals surface area (Å²) in [5.74, 6) is -0.0423. The number of nitrogen functional groups attached to an aromatic ring is 1. The molecule has 0 fully saturated rings. The highest BCUT2D eigenvalue weighted by Crippen LogP contribution is 1.98. The maximum Gasteiger partial charge on any atom is 0.241 e. The SMILES string of the molecule is CC(CCN(C)C)NC(=O)Cn1cc(N)cn1. The van der Waals surface area contributed by atoms with Gasteiger partial charge in [-0.05, 0) is 34.0 Å². The molecular formula is C11H21N5O. The van der Waals surface area contributed by atoms with Crippen LogP contribution >= 0.6 is 0 Å². The fraction of sp³-hybridized carbons (Fsp3) is 0.636. The summed E-state index contributed by atoms with van der Waals surface area (Å²) in [5, 5.41) is 6.89. The molecule has 1 heterocycles. The molecule has 1 rings (SSSR count). The molecule has 1 unspecified atom stereocenters. The Labute approximate surface area is 102 Å². The molecule has 0 radical (unpaired) electrons. The van der Waals surface area contributed by atoms with Gasteiger partial charge in [0.2, 0.25) is 5.91 Å². The van der Waals surface area contributed by atoms with Gasteiger partial charge < -0.3 is 16.0 Å². The highest BCUT2D eigenvalue weighted by atomic mass is 16.2. The molecule has 0 spiro atoms. The Morgan fingerprint density at radius 3 is 2.88 bits per heavy atom. The van der Waals surface area contributed by atoms with Gasteiger partial charge in [0, 0.05) is 12.2 Å². The van der Waals surface area contributed by atoms with Gasteiger partial charge in [-0.25, -0.2) is 0 Å². The summed E-state index contributed by atoms with van der Waals surface area (Å²) in [5.41, 5.74) is 6.08. The summed E-state index contributed by atoms with van der Waals surface area (Å²) in [6.45, 7) is 3.17. The van der Waals surface area contributed by atoms with Gasteiger partial charge in [-0.2, -0.15) is 5.10 Å². The van der Waals surface area contributed by atoms with E-state index < -0.39 is 0 Å². The Kier molecular flexibility index (Phi) is 4.96. The molecule has 1 aromatic heterocycles. The van der Waals surface area contributed by atoms with E-state index in [1.165, 1.54) is 10.9 Å². The molecule has 6 nitrogen and oxygen atoms in total. The second kappa shape index (κ2) is 6.24. The van der Waals surface area contributed by atoms with Crippen molar-refractivity contribution < 1.29 is 4.79 Å². The van der Waals surface area contributed by atoms with E-state index in [-0.39, 0.29) is 18.5 Å². The van der Waals surface area contributed by atoms with Crippen molar-refractivity contribution in [2.75, 3.05) is 26.4 Å². The normalized spacial score (nSPS) is 12.7. The van der Waals surface area contributed by atoms with Crippen LogP contribution in [0.1, 0.15) is 13.3 Å². The van der Waals surface area contributed by atoms with E-state index in [2.05, 4.69) is 15.3 Å². The van der Waals surface area contributed by atoms with Gasteiger partial charge >= 0.3 is 0 Å². The van der Waals surface area contributed by atoms with Crippen molar-refractivity contribution in [1.82, 2.24) is 20.0 Å². The summed E-state index contributed by atoms with van der Waals surface area (Å²) in [4.78, 5) is 13.7. The van der Waals surface area contributed by atoms with Crippen LogP contribution < -0.4 is 11.1 Å². The van der Waals surface area contributed by atoms with Crippen LogP contribution in [0, 0.1) is 0 Å². The van der Waals surface area contributed by atoms with Crippen molar-refractivity contribution >= 4 is 11.6 Å². The zero-order chi connectivity index (χ0) is 12.8. The van der Waals surface area contributed by atoms with E-state index in [0.717, 1.165) is 13.0 Å². The van der Waals surface area contributed by atoms with Crippen LogP contribution in [0.3, 0.4) is 0 Å². The number of carbonyl (C=O) groups is 1. The third-order valence-electron chi connectivity index (χ3n) is 2.38. The van der Waals surface area contributed by atoms with Crippen molar-refractivity contribution in [3.8, 4) is 0 Å². The molecule has 0 saturated carbocycles. The molecule has 0 bridgehead atoms. The molecule has 96 valence electrons. The number of hydrogen-bond acceptors (Lipinski definition) is 4. The van der Waals surface area contributed by atoms with Gasteiger partial charge in [0.25, 0.3) is 0 Å². The lowest BCUT2D eigenvalue weighted by Gasteiger charge is -2.16. The molecule has 1 aromatic rings. The smallest absolute Gasteiger partial charge is 0.241 e. The summed E-state index contributed by atoms with van der Waals surface area (Å²) >= 11 is 0. The van der Waals surface area contributed by atoms with Crippen molar-refractivity contribution in [2.24, 2.45) is 0 Å². The van der Waals surface area contributed by atoms with Gasteiger partial charge in [-0.15, -0.1) is 0 Å². The fourth-order valence-electron chi connectivity index (χ4n) is 1.46. The highest BCUT2D eigenvalue weighted by Gasteiger charge is 2.08. The number of nitrogens with two attached hydrogens (primary N) is 1. The lowest BCUT2D eigenvalue weighted by Crippen LogP contribution is -2.36. The zero-order valence-electron chi connectivity index (χ0n) is 10.7. The molecule has 6 heteroatoms. The minimum Gasteiger partial charge on any atom is -0.396 e. The van der Waals surface area contributed by atoms with Gasteiger partial charge in [0.15, 0.2) is 0 Å². The van der Waals surface area contributed by atoms with Crippen LogP contribution in [0.5, 0.6) is 0 Å². The van der Waals surface area contributed by atoms with Crippen LogP contribution in [-0.4, -0.2) is 47.3 Å². The second-order valence-electron chi connectivity index (χ2n) is 4.53. The molecule has 0 aliphatic heterocycles. The Morgan fingerprint density at radius 1 is 1.65 bits per heavy atom.